The molecule has 0 saturated carbocycles. The first-order valence-corrected chi connectivity index (χ1v) is 6.01. The number of amides is 2. The average molecular weight is 278 g/mol. The van der Waals surface area contributed by atoms with Gasteiger partial charge in [-0.25, -0.2) is 0 Å². The quantitative estimate of drug-likeness (QED) is 0.346. The monoisotopic (exact) mass is 278 g/mol. The zero-order chi connectivity index (χ0) is 14.9. The van der Waals surface area contributed by atoms with Crippen molar-refractivity contribution in [3.63, 3.8) is 0 Å². The molecule has 20 heavy (non-hydrogen) atoms. The van der Waals surface area contributed by atoms with Crippen LogP contribution in [0.2, 0.25) is 0 Å². The van der Waals surface area contributed by atoms with Gasteiger partial charge in [0.1, 0.15) is 11.6 Å². The van der Waals surface area contributed by atoms with Gasteiger partial charge in [0, 0.05) is 19.2 Å². The van der Waals surface area contributed by atoms with Crippen molar-refractivity contribution in [1.82, 2.24) is 4.90 Å². The van der Waals surface area contributed by atoms with Crippen LogP contribution in [-0.2, 0) is 16.1 Å². The fourth-order valence-electron chi connectivity index (χ4n) is 2.23. The number of rotatable bonds is 4. The van der Waals surface area contributed by atoms with Gasteiger partial charge in [-0.2, -0.15) is 0 Å². The van der Waals surface area contributed by atoms with Crippen LogP contribution >= 0.6 is 0 Å². The van der Waals surface area contributed by atoms with E-state index in [0.717, 1.165) is 0 Å². The zero-order valence-electron chi connectivity index (χ0n) is 10.6. The molecular formula is C12H14N4O4. The second-order valence-electron chi connectivity index (χ2n) is 4.65. The highest BCUT2D eigenvalue weighted by atomic mass is 16.6. The van der Waals surface area contributed by atoms with Gasteiger partial charge in [0.05, 0.1) is 4.92 Å². The van der Waals surface area contributed by atoms with Gasteiger partial charge in [-0.3, -0.25) is 19.7 Å². The van der Waals surface area contributed by atoms with Crippen molar-refractivity contribution in [2.45, 2.75) is 13.0 Å². The summed E-state index contributed by atoms with van der Waals surface area (Å²) in [6.07, 6.45) is 0.380. The van der Waals surface area contributed by atoms with Crippen LogP contribution in [0.15, 0.2) is 18.2 Å². The highest BCUT2D eigenvalue weighted by molar-refractivity contribution is 6.00. The highest BCUT2D eigenvalue weighted by Crippen LogP contribution is 2.25. The Bertz CT molecular complexity index is 587. The summed E-state index contributed by atoms with van der Waals surface area (Å²) < 4.78 is 0. The molecule has 1 heterocycles. The minimum absolute atomic E-state index is 0.0708. The molecule has 106 valence electrons. The van der Waals surface area contributed by atoms with Crippen LogP contribution < -0.4 is 11.5 Å². The Balaban J connectivity index is 2.15. The maximum absolute atomic E-state index is 11.9. The highest BCUT2D eigenvalue weighted by Gasteiger charge is 2.35. The Morgan fingerprint density at radius 1 is 1.50 bits per heavy atom. The van der Waals surface area contributed by atoms with Crippen LogP contribution in [0.25, 0.3) is 0 Å². The summed E-state index contributed by atoms with van der Waals surface area (Å²) in [6, 6.07) is 4.38. The maximum Gasteiger partial charge on any atom is 0.292 e. The molecule has 1 fully saturated rings. The van der Waals surface area contributed by atoms with Crippen LogP contribution in [0.5, 0.6) is 0 Å². The summed E-state index contributed by atoms with van der Waals surface area (Å²) in [5.74, 6) is -1.77. The van der Waals surface area contributed by atoms with Crippen molar-refractivity contribution in [2.24, 2.45) is 11.7 Å². The number of primary amides is 1. The molecule has 1 aliphatic rings. The molecule has 2 amide bonds. The maximum atomic E-state index is 11.9. The molecule has 2 rings (SSSR count). The standard InChI is InChI=1S/C12H14N4O4/c13-9-2-1-7(5-10(9)16(19)20)6-15-4-3-8(11(14)17)12(15)18/h1-2,5,8H,3-4,6,13H2,(H2,14,17)/t8-/m0/s1. The van der Waals surface area contributed by atoms with Crippen LogP contribution in [0, 0.1) is 16.0 Å². The number of hydrogen-bond acceptors (Lipinski definition) is 5. The fraction of sp³-hybridized carbons (Fsp3) is 0.333. The van der Waals surface area contributed by atoms with Gasteiger partial charge in [0.15, 0.2) is 0 Å². The number of nitro groups is 1. The number of nitro benzene ring substituents is 1. The topological polar surface area (TPSA) is 133 Å². The summed E-state index contributed by atoms with van der Waals surface area (Å²) in [5, 5.41) is 10.8. The molecule has 4 N–H and O–H groups in total. The lowest BCUT2D eigenvalue weighted by atomic mass is 10.1. The molecule has 1 aliphatic heterocycles. The number of benzene rings is 1. The van der Waals surface area contributed by atoms with Gasteiger partial charge in [0.2, 0.25) is 11.8 Å². The van der Waals surface area contributed by atoms with E-state index in [-0.39, 0.29) is 23.8 Å². The van der Waals surface area contributed by atoms with Crippen molar-refractivity contribution in [3.05, 3.63) is 33.9 Å². The lowest BCUT2D eigenvalue weighted by molar-refractivity contribution is -0.384. The molecule has 0 spiro atoms. The first-order chi connectivity index (χ1) is 9.40. The number of carbonyl (C=O) groups is 2. The number of nitrogens with zero attached hydrogens (tertiary/aromatic N) is 2. The lowest BCUT2D eigenvalue weighted by Gasteiger charge is -2.16. The van der Waals surface area contributed by atoms with Crippen molar-refractivity contribution in [3.8, 4) is 0 Å². The summed E-state index contributed by atoms with van der Waals surface area (Å²) in [5.41, 5.74) is 11.1. The molecule has 8 nitrogen and oxygen atoms in total. The smallest absolute Gasteiger partial charge is 0.292 e. The summed E-state index contributed by atoms with van der Waals surface area (Å²) in [4.78, 5) is 34.7. The first-order valence-electron chi connectivity index (χ1n) is 6.01. The van der Waals surface area contributed by atoms with Crippen molar-refractivity contribution in [2.75, 3.05) is 12.3 Å². The summed E-state index contributed by atoms with van der Waals surface area (Å²) >= 11 is 0. The molecule has 0 aliphatic carbocycles. The molecule has 1 saturated heterocycles. The predicted octanol–water partition coefficient (Wildman–Crippen LogP) is 0.0108. The minimum atomic E-state index is -0.793. The summed E-state index contributed by atoms with van der Waals surface area (Å²) in [6.45, 7) is 0.606. The average Bonchev–Trinajstić information content (AvgIpc) is 2.73. The van der Waals surface area contributed by atoms with Crippen LogP contribution in [0.1, 0.15) is 12.0 Å². The molecule has 0 unspecified atom stereocenters. The third-order valence-electron chi connectivity index (χ3n) is 3.31. The molecule has 1 aromatic rings. The molecule has 0 bridgehead atoms. The van der Waals surface area contributed by atoms with Gasteiger partial charge in [0.25, 0.3) is 5.69 Å². The molecule has 1 atom stereocenters. The summed E-state index contributed by atoms with van der Waals surface area (Å²) in [7, 11) is 0. The lowest BCUT2D eigenvalue weighted by Crippen LogP contribution is -2.33. The molecule has 1 aromatic carbocycles. The van der Waals surface area contributed by atoms with E-state index in [4.69, 9.17) is 11.5 Å². The Morgan fingerprint density at radius 2 is 2.20 bits per heavy atom. The Hall–Kier alpha value is -2.64. The number of nitrogens with two attached hydrogens (primary N) is 2. The van der Waals surface area contributed by atoms with Crippen molar-refractivity contribution < 1.29 is 14.5 Å². The third-order valence-corrected chi connectivity index (χ3v) is 3.31. The van der Waals surface area contributed by atoms with E-state index in [1.807, 2.05) is 0 Å². The van der Waals surface area contributed by atoms with E-state index in [9.17, 15) is 19.7 Å². The SMILES string of the molecule is NC(=O)[C@@H]1CCN(Cc2ccc(N)c([N+](=O)[O-])c2)C1=O. The normalized spacial score (nSPS) is 18.3. The Labute approximate surface area is 114 Å². The van der Waals surface area contributed by atoms with Crippen molar-refractivity contribution in [1.29, 1.82) is 0 Å². The second kappa shape index (κ2) is 5.16. The number of nitrogen functional groups attached to an aromatic ring is 1. The van der Waals surface area contributed by atoms with E-state index < -0.39 is 16.7 Å². The number of hydrogen-bond donors (Lipinski definition) is 2. The van der Waals surface area contributed by atoms with Crippen LogP contribution in [-0.4, -0.2) is 28.2 Å². The van der Waals surface area contributed by atoms with E-state index in [1.54, 1.807) is 6.07 Å². The molecule has 8 heteroatoms. The number of likely N-dealkylation sites (tertiary alicyclic amines) is 1. The van der Waals surface area contributed by atoms with E-state index in [0.29, 0.717) is 18.5 Å². The van der Waals surface area contributed by atoms with Gasteiger partial charge in [-0.1, -0.05) is 6.07 Å². The van der Waals surface area contributed by atoms with Crippen LogP contribution in [0.4, 0.5) is 11.4 Å². The predicted molar refractivity (Wildman–Crippen MR) is 70.2 cm³/mol. The first kappa shape index (κ1) is 13.8. The van der Waals surface area contributed by atoms with Gasteiger partial charge < -0.3 is 16.4 Å². The van der Waals surface area contributed by atoms with Crippen LogP contribution in [0.3, 0.4) is 0 Å². The van der Waals surface area contributed by atoms with Crippen molar-refractivity contribution >= 4 is 23.2 Å². The number of carbonyl (C=O) groups excluding carboxylic acids is 2. The van der Waals surface area contributed by atoms with E-state index in [2.05, 4.69) is 0 Å². The largest absolute Gasteiger partial charge is 0.393 e. The molecular weight excluding hydrogens is 264 g/mol. The Morgan fingerprint density at radius 3 is 2.75 bits per heavy atom. The zero-order valence-corrected chi connectivity index (χ0v) is 10.6. The minimum Gasteiger partial charge on any atom is -0.393 e. The third kappa shape index (κ3) is 2.53. The second-order valence-corrected chi connectivity index (χ2v) is 4.65. The van der Waals surface area contributed by atoms with Gasteiger partial charge in [-0.05, 0) is 18.1 Å². The van der Waals surface area contributed by atoms with Gasteiger partial charge >= 0.3 is 0 Å². The molecule has 0 radical (unpaired) electrons. The molecule has 0 aromatic heterocycles. The van der Waals surface area contributed by atoms with Gasteiger partial charge in [-0.15, -0.1) is 0 Å². The Kier molecular flexibility index (Phi) is 3.55. The van der Waals surface area contributed by atoms with E-state index >= 15 is 0 Å². The van der Waals surface area contributed by atoms with E-state index in [1.165, 1.54) is 17.0 Å². The number of anilines is 1. The fourth-order valence-corrected chi connectivity index (χ4v) is 2.23.